The molecule has 0 bridgehead atoms. The number of carbonyl (C=O) groups is 2. The Hall–Kier alpha value is -2.94. The first-order chi connectivity index (χ1) is 11.6. The van der Waals surface area contributed by atoms with E-state index < -0.39 is 0 Å². The van der Waals surface area contributed by atoms with Gasteiger partial charge in [0.1, 0.15) is 5.75 Å². The number of carbonyl (C=O) groups excluding carboxylic acids is 2. The number of ketones is 2. The lowest BCUT2D eigenvalue weighted by atomic mass is 10.1. The van der Waals surface area contributed by atoms with Gasteiger partial charge in [-0.25, -0.2) is 0 Å². The summed E-state index contributed by atoms with van der Waals surface area (Å²) in [6.45, 7) is 2.01. The van der Waals surface area contributed by atoms with Gasteiger partial charge in [0.05, 0.1) is 13.5 Å². The summed E-state index contributed by atoms with van der Waals surface area (Å²) in [7, 11) is 1.60. The van der Waals surface area contributed by atoms with Gasteiger partial charge >= 0.3 is 0 Å². The highest BCUT2D eigenvalue weighted by molar-refractivity contribution is 6.10. The highest BCUT2D eigenvalue weighted by atomic mass is 16.5. The number of methoxy groups -OCH3 is 1. The van der Waals surface area contributed by atoms with Gasteiger partial charge in [0.25, 0.3) is 0 Å². The zero-order valence-electron chi connectivity index (χ0n) is 13.9. The van der Waals surface area contributed by atoms with E-state index in [1.807, 2.05) is 55.5 Å². The molecule has 0 aliphatic heterocycles. The Morgan fingerprint density at radius 1 is 0.833 bits per heavy atom. The molecule has 0 saturated carbocycles. The van der Waals surface area contributed by atoms with Crippen molar-refractivity contribution in [1.29, 1.82) is 0 Å². The summed E-state index contributed by atoms with van der Waals surface area (Å²) >= 11 is 0. The first-order valence-electron chi connectivity index (χ1n) is 7.69. The van der Waals surface area contributed by atoms with Gasteiger partial charge in [0, 0.05) is 0 Å². The van der Waals surface area contributed by atoms with E-state index >= 15 is 0 Å². The van der Waals surface area contributed by atoms with Crippen LogP contribution in [0.5, 0.6) is 5.75 Å². The Balaban J connectivity index is 1.87. The molecular formula is C21H20O3. The van der Waals surface area contributed by atoms with Crippen LogP contribution < -0.4 is 4.74 Å². The Bertz CT molecular complexity index is 751. The van der Waals surface area contributed by atoms with Gasteiger partial charge in [-0.1, -0.05) is 54.1 Å². The molecule has 3 heteroatoms. The van der Waals surface area contributed by atoms with Gasteiger partial charge in [0.15, 0.2) is 11.6 Å². The molecule has 0 aromatic heterocycles. The lowest BCUT2D eigenvalue weighted by Crippen LogP contribution is -2.01. The largest absolute Gasteiger partial charge is 0.497 e. The Kier molecular flexibility index (Phi) is 6.26. The van der Waals surface area contributed by atoms with Gasteiger partial charge in [-0.15, -0.1) is 0 Å². The molecule has 0 amide bonds. The second-order valence-corrected chi connectivity index (χ2v) is 5.46. The summed E-state index contributed by atoms with van der Waals surface area (Å²) in [5.74, 6) is 0.333. The standard InChI is InChI=1S/C21H20O3/c1-16-3-5-17(6-4-16)7-11-19(22)15-20(23)12-8-18-9-13-21(24-2)14-10-18/h3-14H,15H2,1-2H3. The van der Waals surface area contributed by atoms with Crippen LogP contribution in [-0.4, -0.2) is 18.7 Å². The maximum Gasteiger partial charge on any atom is 0.163 e. The van der Waals surface area contributed by atoms with Gasteiger partial charge < -0.3 is 4.74 Å². The second-order valence-electron chi connectivity index (χ2n) is 5.46. The van der Waals surface area contributed by atoms with Crippen molar-refractivity contribution in [1.82, 2.24) is 0 Å². The van der Waals surface area contributed by atoms with Crippen LogP contribution in [0.1, 0.15) is 23.1 Å². The molecule has 122 valence electrons. The van der Waals surface area contributed by atoms with Crippen LogP contribution in [-0.2, 0) is 9.59 Å². The molecule has 0 heterocycles. The molecule has 0 fully saturated rings. The molecule has 0 spiro atoms. The molecule has 3 nitrogen and oxygen atoms in total. The Labute approximate surface area is 142 Å². The van der Waals surface area contributed by atoms with E-state index in [4.69, 9.17) is 4.74 Å². The van der Waals surface area contributed by atoms with E-state index in [9.17, 15) is 9.59 Å². The number of hydrogen-bond donors (Lipinski definition) is 0. The van der Waals surface area contributed by atoms with E-state index in [1.165, 1.54) is 12.2 Å². The van der Waals surface area contributed by atoms with Crippen LogP contribution in [0.15, 0.2) is 60.7 Å². The van der Waals surface area contributed by atoms with Crippen molar-refractivity contribution in [3.63, 3.8) is 0 Å². The minimum Gasteiger partial charge on any atom is -0.497 e. The molecule has 0 aliphatic carbocycles. The maximum atomic E-state index is 11.8. The van der Waals surface area contributed by atoms with Crippen LogP contribution in [0.4, 0.5) is 0 Å². The fraction of sp³-hybridized carbons (Fsp3) is 0.143. The third kappa shape index (κ3) is 5.69. The van der Waals surface area contributed by atoms with E-state index in [1.54, 1.807) is 19.3 Å². The van der Waals surface area contributed by atoms with Crippen molar-refractivity contribution in [3.05, 3.63) is 77.4 Å². The topological polar surface area (TPSA) is 43.4 Å². The fourth-order valence-corrected chi connectivity index (χ4v) is 2.06. The molecule has 0 unspecified atom stereocenters. The van der Waals surface area contributed by atoms with Crippen LogP contribution in [0, 0.1) is 6.92 Å². The van der Waals surface area contributed by atoms with E-state index in [0.717, 1.165) is 22.4 Å². The molecule has 0 saturated heterocycles. The molecule has 0 radical (unpaired) electrons. The lowest BCUT2D eigenvalue weighted by Gasteiger charge is -1.98. The van der Waals surface area contributed by atoms with Crippen LogP contribution in [0.3, 0.4) is 0 Å². The van der Waals surface area contributed by atoms with E-state index in [0.29, 0.717) is 0 Å². The van der Waals surface area contributed by atoms with Crippen molar-refractivity contribution in [2.75, 3.05) is 7.11 Å². The highest BCUT2D eigenvalue weighted by Crippen LogP contribution is 2.12. The highest BCUT2D eigenvalue weighted by Gasteiger charge is 2.03. The minimum absolute atomic E-state index is 0.130. The summed E-state index contributed by atoms with van der Waals surface area (Å²) in [5.41, 5.74) is 2.99. The molecule has 0 aliphatic rings. The van der Waals surface area contributed by atoms with Crippen molar-refractivity contribution < 1.29 is 14.3 Å². The van der Waals surface area contributed by atoms with Crippen molar-refractivity contribution in [2.24, 2.45) is 0 Å². The summed E-state index contributed by atoms with van der Waals surface area (Å²) < 4.78 is 5.07. The second kappa shape index (κ2) is 8.63. The Morgan fingerprint density at radius 3 is 1.75 bits per heavy atom. The summed E-state index contributed by atoms with van der Waals surface area (Å²) in [6.07, 6.45) is 6.17. The third-order valence-electron chi connectivity index (χ3n) is 3.46. The van der Waals surface area contributed by atoms with Gasteiger partial charge in [-0.2, -0.15) is 0 Å². The zero-order valence-corrected chi connectivity index (χ0v) is 13.9. The maximum absolute atomic E-state index is 11.8. The molecule has 2 aromatic carbocycles. The zero-order chi connectivity index (χ0) is 17.4. The molecule has 24 heavy (non-hydrogen) atoms. The number of hydrogen-bond acceptors (Lipinski definition) is 3. The first-order valence-corrected chi connectivity index (χ1v) is 7.69. The number of allylic oxidation sites excluding steroid dienone is 2. The minimum atomic E-state index is -0.218. The lowest BCUT2D eigenvalue weighted by molar-refractivity contribution is -0.121. The van der Waals surface area contributed by atoms with Crippen molar-refractivity contribution in [2.45, 2.75) is 13.3 Å². The third-order valence-corrected chi connectivity index (χ3v) is 3.46. The number of aryl methyl sites for hydroxylation is 1. The molecule has 0 atom stereocenters. The average Bonchev–Trinajstić information content (AvgIpc) is 2.60. The van der Waals surface area contributed by atoms with Crippen LogP contribution in [0.2, 0.25) is 0 Å². The number of benzene rings is 2. The van der Waals surface area contributed by atoms with E-state index in [2.05, 4.69) is 0 Å². The van der Waals surface area contributed by atoms with Gasteiger partial charge in [0.2, 0.25) is 0 Å². The predicted octanol–water partition coefficient (Wildman–Crippen LogP) is 4.26. The SMILES string of the molecule is COc1ccc(C=CC(=O)CC(=O)C=Cc2ccc(C)cc2)cc1. The Morgan fingerprint density at radius 2 is 1.29 bits per heavy atom. The molecular weight excluding hydrogens is 300 g/mol. The van der Waals surface area contributed by atoms with Crippen molar-refractivity contribution >= 4 is 23.7 Å². The number of ether oxygens (including phenoxy) is 1. The monoisotopic (exact) mass is 320 g/mol. The summed E-state index contributed by atoms with van der Waals surface area (Å²) in [4.78, 5) is 23.7. The summed E-state index contributed by atoms with van der Waals surface area (Å²) in [5, 5.41) is 0. The smallest absolute Gasteiger partial charge is 0.163 e. The van der Waals surface area contributed by atoms with Crippen molar-refractivity contribution in [3.8, 4) is 5.75 Å². The number of rotatable bonds is 7. The van der Waals surface area contributed by atoms with Crippen LogP contribution >= 0.6 is 0 Å². The van der Waals surface area contributed by atoms with Gasteiger partial charge in [-0.05, 0) is 42.3 Å². The van der Waals surface area contributed by atoms with E-state index in [-0.39, 0.29) is 18.0 Å². The normalized spacial score (nSPS) is 11.1. The van der Waals surface area contributed by atoms with Crippen LogP contribution in [0.25, 0.3) is 12.2 Å². The molecule has 2 rings (SSSR count). The average molecular weight is 320 g/mol. The fourth-order valence-electron chi connectivity index (χ4n) is 2.06. The first kappa shape index (κ1) is 17.4. The predicted molar refractivity (Wildman–Crippen MR) is 96.9 cm³/mol. The summed E-state index contributed by atoms with van der Waals surface area (Å²) in [6, 6.07) is 15.2. The quantitative estimate of drug-likeness (QED) is 0.565. The van der Waals surface area contributed by atoms with Gasteiger partial charge in [-0.3, -0.25) is 9.59 Å². The molecule has 2 aromatic rings. The molecule has 0 N–H and O–H groups in total.